The first-order valence-electron chi connectivity index (χ1n) is 10.6. The van der Waals surface area contributed by atoms with Gasteiger partial charge in [-0.1, -0.05) is 66.2 Å². The van der Waals surface area contributed by atoms with E-state index in [0.29, 0.717) is 4.90 Å². The van der Waals surface area contributed by atoms with Gasteiger partial charge >= 0.3 is 0 Å². The average Bonchev–Trinajstić information content (AvgIpc) is 3.26. The van der Waals surface area contributed by atoms with Crippen LogP contribution in [0, 0.1) is 18.8 Å². The molecule has 4 heteroatoms. The Hall–Kier alpha value is -2.43. The van der Waals surface area contributed by atoms with E-state index in [4.69, 9.17) is 0 Å². The Balaban J connectivity index is 1.43. The van der Waals surface area contributed by atoms with Crippen LogP contribution in [0.4, 0.5) is 0 Å². The molecule has 0 aromatic heterocycles. The van der Waals surface area contributed by atoms with Gasteiger partial charge in [-0.15, -0.1) is 0 Å². The van der Waals surface area contributed by atoms with Crippen LogP contribution in [0.5, 0.6) is 0 Å². The monoisotopic (exact) mass is 418 g/mol. The first-order chi connectivity index (χ1) is 14.5. The van der Waals surface area contributed by atoms with Crippen LogP contribution >= 0.6 is 0 Å². The van der Waals surface area contributed by atoms with Gasteiger partial charge < -0.3 is 5.11 Å². The van der Waals surface area contributed by atoms with E-state index in [1.54, 1.807) is 12.1 Å². The minimum Gasteiger partial charge on any atom is -0.392 e. The lowest BCUT2D eigenvalue weighted by atomic mass is 9.81. The Morgan fingerprint density at radius 2 is 1.40 bits per heavy atom. The molecule has 2 aliphatic rings. The van der Waals surface area contributed by atoms with Gasteiger partial charge in [0.25, 0.3) is 0 Å². The molecule has 5 rings (SSSR count). The van der Waals surface area contributed by atoms with Crippen molar-refractivity contribution in [2.45, 2.75) is 36.7 Å². The third-order valence-electron chi connectivity index (χ3n) is 6.92. The summed E-state index contributed by atoms with van der Waals surface area (Å²) >= 11 is 0. The smallest absolute Gasteiger partial charge is 0.178 e. The van der Waals surface area contributed by atoms with E-state index in [-0.39, 0.29) is 23.5 Å². The Kier molecular flexibility index (Phi) is 4.79. The summed E-state index contributed by atoms with van der Waals surface area (Å²) in [5.41, 5.74) is 6.02. The number of fused-ring (bicyclic) bond motifs is 3. The number of rotatable bonds is 4. The molecule has 1 saturated carbocycles. The van der Waals surface area contributed by atoms with Crippen LogP contribution in [0.15, 0.2) is 77.7 Å². The van der Waals surface area contributed by atoms with Crippen molar-refractivity contribution in [3.8, 4) is 11.1 Å². The van der Waals surface area contributed by atoms with E-state index >= 15 is 0 Å². The molecule has 0 amide bonds. The van der Waals surface area contributed by atoms with E-state index in [1.165, 1.54) is 22.3 Å². The zero-order chi connectivity index (χ0) is 20.9. The Labute approximate surface area is 178 Å². The number of aliphatic hydroxyl groups is 1. The summed E-state index contributed by atoms with van der Waals surface area (Å²) in [7, 11) is -3.42. The predicted octanol–water partition coefficient (Wildman–Crippen LogP) is 4.97. The molecule has 3 aromatic rings. The minimum atomic E-state index is -3.42. The first-order valence-corrected chi connectivity index (χ1v) is 12.3. The van der Waals surface area contributed by atoms with Crippen LogP contribution in [0.25, 0.3) is 11.1 Å². The Morgan fingerprint density at radius 3 is 2.00 bits per heavy atom. The standard InChI is InChI=1S/C26H26O3S/c1-17-10-13-19(14-11-17)30(28,29)16-18-12-15-24(26(18)27)25-22-8-4-2-6-20(22)21-7-3-5-9-23(21)25/h2-11,13-14,18,24-27H,12,15-16H2,1H3/t18-,24+,26-/m0/s1. The number of aliphatic hydroxyl groups excluding tert-OH is 1. The van der Waals surface area contributed by atoms with Gasteiger partial charge in [-0.3, -0.25) is 0 Å². The molecule has 0 spiro atoms. The largest absolute Gasteiger partial charge is 0.392 e. The molecular weight excluding hydrogens is 392 g/mol. The molecule has 3 atom stereocenters. The van der Waals surface area contributed by atoms with Crippen molar-refractivity contribution in [1.29, 1.82) is 0 Å². The number of sulfone groups is 1. The molecule has 30 heavy (non-hydrogen) atoms. The van der Waals surface area contributed by atoms with Crippen molar-refractivity contribution in [3.63, 3.8) is 0 Å². The van der Waals surface area contributed by atoms with Crippen LogP contribution in [0.2, 0.25) is 0 Å². The number of benzene rings is 3. The molecule has 2 aliphatic carbocycles. The summed E-state index contributed by atoms with van der Waals surface area (Å²) in [5, 5.41) is 11.3. The normalized spacial score (nSPS) is 23.3. The van der Waals surface area contributed by atoms with Gasteiger partial charge in [0.05, 0.1) is 16.8 Å². The van der Waals surface area contributed by atoms with Gasteiger partial charge in [-0.2, -0.15) is 0 Å². The zero-order valence-electron chi connectivity index (χ0n) is 17.0. The lowest BCUT2D eigenvalue weighted by Gasteiger charge is -2.26. The average molecular weight is 419 g/mol. The molecule has 0 bridgehead atoms. The van der Waals surface area contributed by atoms with Crippen molar-refractivity contribution in [2.24, 2.45) is 11.8 Å². The summed E-state index contributed by atoms with van der Waals surface area (Å²) in [6.07, 6.45) is 0.940. The molecule has 0 saturated heterocycles. The number of hydrogen-bond acceptors (Lipinski definition) is 3. The predicted molar refractivity (Wildman–Crippen MR) is 119 cm³/mol. The van der Waals surface area contributed by atoms with E-state index in [1.807, 2.05) is 19.1 Å². The summed E-state index contributed by atoms with van der Waals surface area (Å²) in [5.74, 6) is -0.0715. The van der Waals surface area contributed by atoms with Crippen LogP contribution < -0.4 is 0 Å². The van der Waals surface area contributed by atoms with Crippen LogP contribution in [-0.4, -0.2) is 25.4 Å². The van der Waals surface area contributed by atoms with E-state index < -0.39 is 15.9 Å². The highest BCUT2D eigenvalue weighted by molar-refractivity contribution is 7.91. The second kappa shape index (κ2) is 7.36. The van der Waals surface area contributed by atoms with Gasteiger partial charge in [0.2, 0.25) is 0 Å². The summed E-state index contributed by atoms with van der Waals surface area (Å²) < 4.78 is 25.9. The molecule has 1 fully saturated rings. The van der Waals surface area contributed by atoms with E-state index in [2.05, 4.69) is 48.5 Å². The summed E-state index contributed by atoms with van der Waals surface area (Å²) in [6.45, 7) is 1.94. The van der Waals surface area contributed by atoms with Gasteiger partial charge in [0, 0.05) is 5.92 Å². The van der Waals surface area contributed by atoms with Gasteiger partial charge in [0.1, 0.15) is 0 Å². The maximum absolute atomic E-state index is 13.0. The van der Waals surface area contributed by atoms with Crippen LogP contribution in [-0.2, 0) is 9.84 Å². The molecule has 0 unspecified atom stereocenters. The molecule has 3 nitrogen and oxygen atoms in total. The summed E-state index contributed by atoms with van der Waals surface area (Å²) in [6, 6.07) is 23.8. The topological polar surface area (TPSA) is 54.4 Å². The van der Waals surface area contributed by atoms with Crippen LogP contribution in [0.3, 0.4) is 0 Å². The molecule has 0 heterocycles. The van der Waals surface area contributed by atoms with Crippen molar-refractivity contribution in [3.05, 3.63) is 89.5 Å². The van der Waals surface area contributed by atoms with Gasteiger partial charge in [-0.25, -0.2) is 8.42 Å². The summed E-state index contributed by atoms with van der Waals surface area (Å²) in [4.78, 5) is 0.348. The maximum atomic E-state index is 13.0. The Bertz CT molecular complexity index is 1140. The highest BCUT2D eigenvalue weighted by atomic mass is 32.2. The fraction of sp³-hybridized carbons (Fsp3) is 0.308. The molecule has 0 radical (unpaired) electrons. The number of aryl methyl sites for hydroxylation is 1. The minimum absolute atomic E-state index is 0.00371. The zero-order valence-corrected chi connectivity index (χ0v) is 17.8. The lowest BCUT2D eigenvalue weighted by molar-refractivity contribution is 0.0923. The highest BCUT2D eigenvalue weighted by Gasteiger charge is 2.45. The maximum Gasteiger partial charge on any atom is 0.178 e. The molecule has 154 valence electrons. The molecule has 0 aliphatic heterocycles. The van der Waals surface area contributed by atoms with Crippen molar-refractivity contribution >= 4 is 9.84 Å². The third-order valence-corrected chi connectivity index (χ3v) is 8.77. The van der Waals surface area contributed by atoms with E-state index in [0.717, 1.165) is 18.4 Å². The second-order valence-electron chi connectivity index (χ2n) is 8.74. The fourth-order valence-electron chi connectivity index (χ4n) is 5.42. The van der Waals surface area contributed by atoms with Crippen LogP contribution in [0.1, 0.15) is 35.4 Å². The lowest BCUT2D eigenvalue weighted by Crippen LogP contribution is -2.30. The molecule has 3 aromatic carbocycles. The second-order valence-corrected chi connectivity index (χ2v) is 10.8. The number of hydrogen-bond donors (Lipinski definition) is 1. The van der Waals surface area contributed by atoms with Gasteiger partial charge in [0.15, 0.2) is 9.84 Å². The fourth-order valence-corrected chi connectivity index (χ4v) is 7.09. The third kappa shape index (κ3) is 3.19. The quantitative estimate of drug-likeness (QED) is 0.651. The first kappa shape index (κ1) is 19.5. The highest BCUT2D eigenvalue weighted by Crippen LogP contribution is 2.53. The Morgan fingerprint density at radius 1 is 0.833 bits per heavy atom. The van der Waals surface area contributed by atoms with Crippen molar-refractivity contribution in [1.82, 2.24) is 0 Å². The van der Waals surface area contributed by atoms with Crippen molar-refractivity contribution < 1.29 is 13.5 Å². The van der Waals surface area contributed by atoms with Crippen molar-refractivity contribution in [2.75, 3.05) is 5.75 Å². The molecule has 1 N–H and O–H groups in total. The molecular formula is C26H26O3S. The van der Waals surface area contributed by atoms with E-state index in [9.17, 15) is 13.5 Å². The SMILES string of the molecule is Cc1ccc(S(=O)(=O)C[C@@H]2CC[C@H](C3c4ccccc4-c4ccccc43)[C@H]2O)cc1. The van der Waals surface area contributed by atoms with Gasteiger partial charge in [-0.05, 0) is 66.0 Å².